The van der Waals surface area contributed by atoms with Gasteiger partial charge < -0.3 is 10.6 Å². The van der Waals surface area contributed by atoms with E-state index in [1.165, 1.54) is 0 Å². The van der Waals surface area contributed by atoms with Crippen molar-refractivity contribution in [2.45, 2.75) is 26.3 Å². The van der Waals surface area contributed by atoms with Crippen LogP contribution in [0.4, 0.5) is 11.5 Å². The summed E-state index contributed by atoms with van der Waals surface area (Å²) in [5, 5.41) is 8.58. The number of pyridine rings is 1. The van der Waals surface area contributed by atoms with Crippen LogP contribution < -0.4 is 10.6 Å². The molecule has 0 aromatic carbocycles. The molecule has 1 rings (SSSR count). The minimum atomic E-state index is 0.347. The van der Waals surface area contributed by atoms with Crippen molar-refractivity contribution in [3.63, 3.8) is 0 Å². The Hall–Kier alpha value is -1.76. The van der Waals surface area contributed by atoms with Crippen LogP contribution >= 0.6 is 0 Å². The molecule has 0 spiro atoms. The molecule has 0 aliphatic rings. The lowest BCUT2D eigenvalue weighted by atomic mass is 10.2. The highest BCUT2D eigenvalue weighted by Gasteiger charge is 2.10. The number of rotatable bonds is 4. The Morgan fingerprint density at radius 2 is 2.33 bits per heavy atom. The van der Waals surface area contributed by atoms with Gasteiger partial charge in [-0.25, -0.2) is 4.98 Å². The largest absolute Gasteiger partial charge is 0.384 e. The normalized spacial score (nSPS) is 10.0. The summed E-state index contributed by atoms with van der Waals surface area (Å²) in [5.74, 6) is 0.509. The van der Waals surface area contributed by atoms with Crippen LogP contribution in [-0.2, 0) is 0 Å². The first-order valence-corrected chi connectivity index (χ1v) is 5.00. The molecule has 0 radical (unpaired) electrons. The molecule has 0 saturated carbocycles. The molecule has 2 N–H and O–H groups in total. The van der Waals surface area contributed by atoms with Crippen LogP contribution in [-0.4, -0.2) is 17.6 Å². The molecule has 0 amide bonds. The Bertz CT molecular complexity index is 354. The number of nitrogen functional groups attached to an aromatic ring is 1. The highest BCUT2D eigenvalue weighted by Crippen LogP contribution is 2.18. The van der Waals surface area contributed by atoms with Gasteiger partial charge in [0.1, 0.15) is 5.82 Å². The number of hydrogen-bond acceptors (Lipinski definition) is 4. The second-order valence-corrected chi connectivity index (χ2v) is 3.63. The van der Waals surface area contributed by atoms with E-state index in [1.54, 1.807) is 6.20 Å². The molecule has 1 aromatic heterocycles. The SMILES string of the molecule is CC(C)N(CCC#N)c1ccnc(N)c1. The van der Waals surface area contributed by atoms with E-state index in [1.807, 2.05) is 12.1 Å². The first kappa shape index (κ1) is 11.3. The van der Waals surface area contributed by atoms with Gasteiger partial charge in [0.2, 0.25) is 0 Å². The van der Waals surface area contributed by atoms with Crippen molar-refractivity contribution < 1.29 is 0 Å². The summed E-state index contributed by atoms with van der Waals surface area (Å²) in [4.78, 5) is 6.09. The Morgan fingerprint density at radius 1 is 1.60 bits per heavy atom. The molecule has 1 heterocycles. The molecule has 15 heavy (non-hydrogen) atoms. The van der Waals surface area contributed by atoms with E-state index >= 15 is 0 Å². The predicted octanol–water partition coefficient (Wildman–Crippen LogP) is 1.79. The van der Waals surface area contributed by atoms with Gasteiger partial charge in [-0.3, -0.25) is 0 Å². The Morgan fingerprint density at radius 3 is 2.87 bits per heavy atom. The number of nitrogens with two attached hydrogens (primary N) is 1. The molecule has 0 aliphatic carbocycles. The maximum Gasteiger partial charge on any atom is 0.125 e. The second kappa shape index (κ2) is 5.20. The zero-order valence-corrected chi connectivity index (χ0v) is 9.14. The minimum absolute atomic E-state index is 0.347. The number of nitrogens with zero attached hydrogens (tertiary/aromatic N) is 3. The van der Waals surface area contributed by atoms with Crippen LogP contribution in [0.2, 0.25) is 0 Å². The van der Waals surface area contributed by atoms with Crippen LogP contribution in [0.1, 0.15) is 20.3 Å². The number of anilines is 2. The van der Waals surface area contributed by atoms with Crippen molar-refractivity contribution in [1.82, 2.24) is 4.98 Å². The zero-order chi connectivity index (χ0) is 11.3. The minimum Gasteiger partial charge on any atom is -0.384 e. The van der Waals surface area contributed by atoms with Crippen molar-refractivity contribution >= 4 is 11.5 Å². The third-order valence-corrected chi connectivity index (χ3v) is 2.18. The molecule has 0 unspecified atom stereocenters. The van der Waals surface area contributed by atoms with Gasteiger partial charge in [0.15, 0.2) is 0 Å². The summed E-state index contributed by atoms with van der Waals surface area (Å²) >= 11 is 0. The first-order chi connectivity index (χ1) is 7.15. The van der Waals surface area contributed by atoms with E-state index < -0.39 is 0 Å². The lowest BCUT2D eigenvalue weighted by Gasteiger charge is -2.28. The average Bonchev–Trinajstić information content (AvgIpc) is 2.18. The number of aromatic nitrogens is 1. The van der Waals surface area contributed by atoms with E-state index in [4.69, 9.17) is 11.0 Å². The van der Waals surface area contributed by atoms with Crippen LogP contribution in [0.25, 0.3) is 0 Å². The molecule has 0 aliphatic heterocycles. The topological polar surface area (TPSA) is 65.9 Å². The summed E-state index contributed by atoms with van der Waals surface area (Å²) in [6, 6.07) is 6.24. The molecule has 0 saturated heterocycles. The van der Waals surface area contributed by atoms with Gasteiger partial charge in [-0.15, -0.1) is 0 Å². The fourth-order valence-corrected chi connectivity index (χ4v) is 1.47. The Labute approximate surface area is 90.3 Å². The van der Waals surface area contributed by atoms with Gasteiger partial charge in [-0.05, 0) is 19.9 Å². The summed E-state index contributed by atoms with van der Waals surface area (Å²) < 4.78 is 0. The predicted molar refractivity (Wildman–Crippen MR) is 61.4 cm³/mol. The summed E-state index contributed by atoms with van der Waals surface area (Å²) in [5.41, 5.74) is 6.64. The van der Waals surface area contributed by atoms with E-state index in [2.05, 4.69) is 29.8 Å². The Kier molecular flexibility index (Phi) is 3.92. The highest BCUT2D eigenvalue weighted by atomic mass is 15.2. The molecule has 4 nitrogen and oxygen atoms in total. The number of hydrogen-bond donors (Lipinski definition) is 1. The van der Waals surface area contributed by atoms with Crippen molar-refractivity contribution in [3.8, 4) is 6.07 Å². The van der Waals surface area contributed by atoms with Crippen molar-refractivity contribution in [2.75, 3.05) is 17.2 Å². The van der Waals surface area contributed by atoms with E-state index in [9.17, 15) is 0 Å². The lowest BCUT2D eigenvalue weighted by molar-refractivity contribution is 0.686. The second-order valence-electron chi connectivity index (χ2n) is 3.63. The smallest absolute Gasteiger partial charge is 0.125 e. The van der Waals surface area contributed by atoms with Gasteiger partial charge in [0.25, 0.3) is 0 Å². The third-order valence-electron chi connectivity index (χ3n) is 2.18. The van der Waals surface area contributed by atoms with Crippen molar-refractivity contribution in [3.05, 3.63) is 18.3 Å². The van der Waals surface area contributed by atoms with Gasteiger partial charge >= 0.3 is 0 Å². The molecule has 0 fully saturated rings. The molecule has 1 aromatic rings. The summed E-state index contributed by atoms with van der Waals surface area (Å²) in [6.45, 7) is 4.90. The molecular weight excluding hydrogens is 188 g/mol. The van der Waals surface area contributed by atoms with Crippen molar-refractivity contribution in [1.29, 1.82) is 5.26 Å². The lowest BCUT2D eigenvalue weighted by Crippen LogP contribution is -2.31. The quantitative estimate of drug-likeness (QED) is 0.812. The van der Waals surface area contributed by atoms with Crippen LogP contribution in [0.3, 0.4) is 0 Å². The zero-order valence-electron chi connectivity index (χ0n) is 9.14. The number of nitriles is 1. The van der Waals surface area contributed by atoms with E-state index in [0.29, 0.717) is 18.3 Å². The van der Waals surface area contributed by atoms with Gasteiger partial charge in [0.05, 0.1) is 12.5 Å². The fourth-order valence-electron chi connectivity index (χ4n) is 1.47. The summed E-state index contributed by atoms with van der Waals surface area (Å²) in [7, 11) is 0. The van der Waals surface area contributed by atoms with E-state index in [0.717, 1.165) is 12.2 Å². The molecule has 4 heteroatoms. The first-order valence-electron chi connectivity index (χ1n) is 5.00. The van der Waals surface area contributed by atoms with Crippen LogP contribution in [0, 0.1) is 11.3 Å². The van der Waals surface area contributed by atoms with E-state index in [-0.39, 0.29) is 0 Å². The van der Waals surface area contributed by atoms with Crippen molar-refractivity contribution in [2.24, 2.45) is 0 Å². The molecule has 0 atom stereocenters. The van der Waals surface area contributed by atoms with Gasteiger partial charge in [-0.1, -0.05) is 0 Å². The average molecular weight is 204 g/mol. The molecule has 80 valence electrons. The van der Waals surface area contributed by atoms with Crippen LogP contribution in [0.5, 0.6) is 0 Å². The van der Waals surface area contributed by atoms with Gasteiger partial charge in [0, 0.05) is 30.5 Å². The molecule has 0 bridgehead atoms. The van der Waals surface area contributed by atoms with Crippen LogP contribution in [0.15, 0.2) is 18.3 Å². The monoisotopic (exact) mass is 204 g/mol. The molecular formula is C11H16N4. The standard InChI is InChI=1S/C11H16N4/c1-9(2)15(7-3-5-12)10-4-6-14-11(13)8-10/h4,6,8-9H,3,7H2,1-2H3,(H2,13,14). The Balaban J connectivity index is 2.84. The third kappa shape index (κ3) is 3.13. The van der Waals surface area contributed by atoms with Gasteiger partial charge in [-0.2, -0.15) is 5.26 Å². The maximum atomic E-state index is 8.58. The highest BCUT2D eigenvalue weighted by molar-refractivity contribution is 5.52. The maximum absolute atomic E-state index is 8.58. The summed E-state index contributed by atoms with van der Waals surface area (Å²) in [6.07, 6.45) is 2.20. The fraction of sp³-hybridized carbons (Fsp3) is 0.455.